The van der Waals surface area contributed by atoms with E-state index in [0.29, 0.717) is 11.1 Å². The van der Waals surface area contributed by atoms with Crippen molar-refractivity contribution < 1.29 is 13.5 Å². The summed E-state index contributed by atoms with van der Waals surface area (Å²) >= 11 is 0. The molecule has 0 saturated heterocycles. The molecule has 3 heteroatoms. The maximum atomic E-state index is 13.9. The van der Waals surface area contributed by atoms with Gasteiger partial charge in [-0.3, -0.25) is 0 Å². The van der Waals surface area contributed by atoms with Crippen molar-refractivity contribution in [2.45, 2.75) is 44.6 Å². The fourth-order valence-electron chi connectivity index (χ4n) is 2.76. The van der Waals surface area contributed by atoms with Crippen molar-refractivity contribution in [3.63, 3.8) is 0 Å². The van der Waals surface area contributed by atoms with Gasteiger partial charge in [-0.05, 0) is 36.0 Å². The zero-order chi connectivity index (χ0) is 12.3. The lowest BCUT2D eigenvalue weighted by Gasteiger charge is -2.24. The van der Waals surface area contributed by atoms with Crippen LogP contribution in [-0.4, -0.2) is 7.11 Å². The number of benzene rings is 1. The Bertz CT molecular complexity index is 384. The average molecular weight is 240 g/mol. The molecule has 1 aliphatic carbocycles. The number of halogens is 2. The molecule has 1 saturated carbocycles. The van der Waals surface area contributed by atoms with E-state index in [2.05, 4.69) is 0 Å². The lowest BCUT2D eigenvalue weighted by Crippen LogP contribution is -2.11. The minimum absolute atomic E-state index is 0.231. The number of ether oxygens (including phenoxy) is 1. The highest BCUT2D eigenvalue weighted by atomic mass is 19.1. The van der Waals surface area contributed by atoms with Crippen LogP contribution in [0.25, 0.3) is 0 Å². The second-order valence-corrected chi connectivity index (χ2v) is 4.73. The first kappa shape index (κ1) is 12.5. The number of hydrogen-bond acceptors (Lipinski definition) is 1. The second-order valence-electron chi connectivity index (χ2n) is 4.73. The van der Waals surface area contributed by atoms with Crippen LogP contribution in [0.5, 0.6) is 0 Å². The number of hydrogen-bond donors (Lipinski definition) is 0. The Kier molecular flexibility index (Phi) is 4.11. The normalized spacial score (nSPS) is 17.4. The molecular formula is C14H18F2O. The molecule has 1 fully saturated rings. The van der Waals surface area contributed by atoms with Gasteiger partial charge in [-0.2, -0.15) is 0 Å². The van der Waals surface area contributed by atoms with Gasteiger partial charge in [0.1, 0.15) is 11.6 Å². The molecule has 0 amide bonds. The molecule has 94 valence electrons. The molecule has 0 radical (unpaired) electrons. The minimum Gasteiger partial charge on any atom is -0.380 e. The Labute approximate surface area is 101 Å². The summed E-state index contributed by atoms with van der Waals surface area (Å²) < 4.78 is 32.2. The van der Waals surface area contributed by atoms with Gasteiger partial charge in [0.15, 0.2) is 0 Å². The highest BCUT2D eigenvalue weighted by molar-refractivity contribution is 5.32. The summed E-state index contributed by atoms with van der Waals surface area (Å²) in [5.74, 6) is -0.701. The molecule has 17 heavy (non-hydrogen) atoms. The van der Waals surface area contributed by atoms with Crippen molar-refractivity contribution in [1.82, 2.24) is 0 Å². The van der Waals surface area contributed by atoms with Gasteiger partial charge < -0.3 is 4.74 Å². The van der Waals surface area contributed by atoms with E-state index >= 15 is 0 Å². The third-order valence-electron chi connectivity index (χ3n) is 3.49. The van der Waals surface area contributed by atoms with Crippen LogP contribution >= 0.6 is 0 Å². The van der Waals surface area contributed by atoms with Crippen LogP contribution in [0.1, 0.15) is 49.1 Å². The molecular weight excluding hydrogens is 222 g/mol. The molecule has 1 aliphatic rings. The summed E-state index contributed by atoms with van der Waals surface area (Å²) in [6.07, 6.45) is 5.49. The monoisotopic (exact) mass is 240 g/mol. The molecule has 0 heterocycles. The van der Waals surface area contributed by atoms with Gasteiger partial charge in [-0.15, -0.1) is 0 Å². The zero-order valence-electron chi connectivity index (χ0n) is 10.1. The zero-order valence-corrected chi connectivity index (χ0v) is 10.1. The molecule has 0 atom stereocenters. The Hall–Kier alpha value is -0.960. The fraction of sp³-hybridized carbons (Fsp3) is 0.571. The first-order valence-corrected chi connectivity index (χ1v) is 6.19. The van der Waals surface area contributed by atoms with Crippen LogP contribution in [0.4, 0.5) is 8.78 Å². The minimum atomic E-state index is -0.519. The molecule has 1 nitrogen and oxygen atoms in total. The first-order chi connectivity index (χ1) is 8.22. The largest absolute Gasteiger partial charge is 0.380 e. The van der Waals surface area contributed by atoms with Crippen molar-refractivity contribution >= 4 is 0 Å². The first-order valence-electron chi connectivity index (χ1n) is 6.19. The van der Waals surface area contributed by atoms with E-state index in [9.17, 15) is 8.78 Å². The van der Waals surface area contributed by atoms with Crippen LogP contribution in [0.3, 0.4) is 0 Å². The molecule has 0 unspecified atom stereocenters. The lowest BCUT2D eigenvalue weighted by atomic mass is 9.82. The van der Waals surface area contributed by atoms with Gasteiger partial charge in [0.05, 0.1) is 6.61 Å². The van der Waals surface area contributed by atoms with E-state index in [1.54, 1.807) is 7.11 Å². The lowest BCUT2D eigenvalue weighted by molar-refractivity contribution is 0.182. The molecule has 0 bridgehead atoms. The maximum Gasteiger partial charge on any atom is 0.129 e. The summed E-state index contributed by atoms with van der Waals surface area (Å²) in [4.78, 5) is 0. The van der Waals surface area contributed by atoms with Crippen molar-refractivity contribution in [2.75, 3.05) is 7.11 Å². The van der Waals surface area contributed by atoms with Gasteiger partial charge in [-0.25, -0.2) is 8.78 Å². The van der Waals surface area contributed by atoms with Crippen molar-refractivity contribution in [3.05, 3.63) is 34.9 Å². The molecule has 0 aromatic heterocycles. The van der Waals surface area contributed by atoms with Crippen LogP contribution in [0.15, 0.2) is 12.1 Å². The summed E-state index contributed by atoms with van der Waals surface area (Å²) in [6, 6.07) is 2.39. The Balaban J connectivity index is 2.35. The number of methoxy groups -OCH3 is 1. The third kappa shape index (κ3) is 2.83. The van der Waals surface area contributed by atoms with Crippen LogP contribution < -0.4 is 0 Å². The molecule has 1 aromatic rings. The van der Waals surface area contributed by atoms with Crippen molar-refractivity contribution in [1.29, 1.82) is 0 Å². The summed E-state index contributed by atoms with van der Waals surface area (Å²) in [7, 11) is 1.55. The van der Waals surface area contributed by atoms with Crippen LogP contribution in [0, 0.1) is 11.6 Å². The van der Waals surface area contributed by atoms with Crippen LogP contribution in [0.2, 0.25) is 0 Å². The summed E-state index contributed by atoms with van der Waals surface area (Å²) in [6.45, 7) is 0.278. The molecule has 1 aromatic carbocycles. The predicted molar refractivity (Wildman–Crippen MR) is 62.9 cm³/mol. The average Bonchev–Trinajstić information content (AvgIpc) is 2.30. The molecule has 0 spiro atoms. The van der Waals surface area contributed by atoms with Gasteiger partial charge in [0.25, 0.3) is 0 Å². The van der Waals surface area contributed by atoms with Gasteiger partial charge in [0, 0.05) is 13.2 Å². The third-order valence-corrected chi connectivity index (χ3v) is 3.49. The Morgan fingerprint density at radius 3 is 2.53 bits per heavy atom. The molecule has 0 aliphatic heterocycles. The fourth-order valence-corrected chi connectivity index (χ4v) is 2.76. The molecule has 2 rings (SSSR count). The van der Waals surface area contributed by atoms with E-state index in [-0.39, 0.29) is 12.5 Å². The Morgan fingerprint density at radius 1 is 1.18 bits per heavy atom. The van der Waals surface area contributed by atoms with E-state index in [1.807, 2.05) is 0 Å². The smallest absolute Gasteiger partial charge is 0.129 e. The highest BCUT2D eigenvalue weighted by Gasteiger charge is 2.22. The van der Waals surface area contributed by atoms with E-state index < -0.39 is 11.6 Å². The summed E-state index contributed by atoms with van der Waals surface area (Å²) in [5.41, 5.74) is 1.34. The number of rotatable bonds is 3. The van der Waals surface area contributed by atoms with Crippen molar-refractivity contribution in [3.8, 4) is 0 Å². The van der Waals surface area contributed by atoms with Gasteiger partial charge in [-0.1, -0.05) is 19.3 Å². The molecule has 0 N–H and O–H groups in total. The highest BCUT2D eigenvalue weighted by Crippen LogP contribution is 2.36. The van der Waals surface area contributed by atoms with Crippen LogP contribution in [-0.2, 0) is 11.3 Å². The maximum absolute atomic E-state index is 13.9. The Morgan fingerprint density at radius 2 is 1.88 bits per heavy atom. The van der Waals surface area contributed by atoms with E-state index in [4.69, 9.17) is 4.74 Å². The van der Waals surface area contributed by atoms with Gasteiger partial charge >= 0.3 is 0 Å². The quantitative estimate of drug-likeness (QED) is 0.770. The SMILES string of the molecule is COCc1cc(F)cc(F)c1C1CCCCC1. The van der Waals surface area contributed by atoms with Crippen molar-refractivity contribution in [2.24, 2.45) is 0 Å². The van der Waals surface area contributed by atoms with E-state index in [0.717, 1.165) is 31.7 Å². The second kappa shape index (κ2) is 5.58. The topological polar surface area (TPSA) is 9.23 Å². The van der Waals surface area contributed by atoms with Gasteiger partial charge in [0.2, 0.25) is 0 Å². The van der Waals surface area contributed by atoms with E-state index in [1.165, 1.54) is 12.5 Å². The predicted octanol–water partition coefficient (Wildman–Crippen LogP) is 4.16. The standard InChI is InChI=1S/C14H18F2O/c1-17-9-11-7-12(15)8-13(16)14(11)10-5-3-2-4-6-10/h7-8,10H,2-6,9H2,1H3. The summed E-state index contributed by atoms with van der Waals surface area (Å²) in [5, 5.41) is 0.